The lowest BCUT2D eigenvalue weighted by molar-refractivity contribution is -0.145. The molecule has 9 heteroatoms. The minimum absolute atomic E-state index is 0.128. The van der Waals surface area contributed by atoms with Crippen molar-refractivity contribution in [3.05, 3.63) is 80.3 Å². The average molecular weight is 546 g/mol. The summed E-state index contributed by atoms with van der Waals surface area (Å²) in [5, 5.41) is 0.780. The lowest BCUT2D eigenvalue weighted by Gasteiger charge is -2.18. The van der Waals surface area contributed by atoms with Crippen molar-refractivity contribution < 1.29 is 28.5 Å². The van der Waals surface area contributed by atoms with Gasteiger partial charge in [0.2, 0.25) is 0 Å². The molecule has 2 aromatic rings. The minimum Gasteiger partial charge on any atom is -0.486 e. The first-order valence-corrected chi connectivity index (χ1v) is 12.4. The van der Waals surface area contributed by atoms with Crippen LogP contribution in [0, 0.1) is 6.92 Å². The monoisotopic (exact) mass is 545 g/mol. The van der Waals surface area contributed by atoms with Gasteiger partial charge in [-0.3, -0.25) is 0 Å². The van der Waals surface area contributed by atoms with Crippen LogP contribution in [0.2, 0.25) is 0 Å². The van der Waals surface area contributed by atoms with Crippen LogP contribution >= 0.6 is 27.3 Å². The number of esters is 1. The van der Waals surface area contributed by atoms with Gasteiger partial charge in [-0.15, -0.1) is 11.3 Å². The summed E-state index contributed by atoms with van der Waals surface area (Å²) in [6, 6.07) is 5.42. The Morgan fingerprint density at radius 3 is 2.85 bits per heavy atom. The standard InChI is InChI=1S/C25H24BrNO6S/c1-3-30-23(28)15-32-19-10-9-18(11-16(19)2)31-14-22-27-24(25(26)34-22)21-13-29-12-20(33-21)17-7-5-4-6-8-17/h4-5,7,9-13H,3,6,8,14-15H2,1-2H3. The van der Waals surface area contributed by atoms with Gasteiger partial charge < -0.3 is 23.7 Å². The molecule has 1 aromatic carbocycles. The number of benzene rings is 1. The van der Waals surface area contributed by atoms with Crippen molar-refractivity contribution in [1.82, 2.24) is 4.98 Å². The van der Waals surface area contributed by atoms with Crippen molar-refractivity contribution in [2.75, 3.05) is 13.2 Å². The molecule has 2 aliphatic rings. The maximum Gasteiger partial charge on any atom is 0.344 e. The van der Waals surface area contributed by atoms with Crippen molar-refractivity contribution in [1.29, 1.82) is 0 Å². The van der Waals surface area contributed by atoms with Gasteiger partial charge in [-0.25, -0.2) is 9.78 Å². The van der Waals surface area contributed by atoms with Gasteiger partial charge in [0.1, 0.15) is 45.1 Å². The number of halogens is 1. The van der Waals surface area contributed by atoms with Crippen molar-refractivity contribution in [3.8, 4) is 11.5 Å². The van der Waals surface area contributed by atoms with Crippen LogP contribution in [0.5, 0.6) is 11.5 Å². The molecule has 0 N–H and O–H groups in total. The number of carbonyl (C=O) groups is 1. The van der Waals surface area contributed by atoms with Crippen LogP contribution in [0.3, 0.4) is 0 Å². The van der Waals surface area contributed by atoms with E-state index in [1.165, 1.54) is 11.3 Å². The van der Waals surface area contributed by atoms with E-state index >= 15 is 0 Å². The third-order valence-corrected chi connectivity index (χ3v) is 6.60. The molecule has 4 rings (SSSR count). The summed E-state index contributed by atoms with van der Waals surface area (Å²) in [4.78, 5) is 16.2. The Hall–Kier alpha value is -3.04. The number of thiazole rings is 1. The molecule has 0 radical (unpaired) electrons. The number of nitrogens with zero attached hydrogens (tertiary/aromatic N) is 1. The molecule has 0 atom stereocenters. The van der Waals surface area contributed by atoms with Crippen LogP contribution in [0.15, 0.2) is 64.1 Å². The van der Waals surface area contributed by atoms with Crippen molar-refractivity contribution in [3.63, 3.8) is 0 Å². The van der Waals surface area contributed by atoms with Crippen LogP contribution < -0.4 is 9.47 Å². The predicted octanol–water partition coefficient (Wildman–Crippen LogP) is 6.20. The van der Waals surface area contributed by atoms with E-state index in [-0.39, 0.29) is 6.61 Å². The van der Waals surface area contributed by atoms with Crippen LogP contribution in [-0.2, 0) is 25.6 Å². The highest BCUT2D eigenvalue weighted by Gasteiger charge is 2.21. The Kier molecular flexibility index (Phi) is 8.08. The first-order valence-electron chi connectivity index (χ1n) is 10.8. The molecule has 0 unspecified atom stereocenters. The molecule has 0 fully saturated rings. The van der Waals surface area contributed by atoms with E-state index < -0.39 is 5.97 Å². The average Bonchev–Trinajstić information content (AvgIpc) is 3.23. The third kappa shape index (κ3) is 6.09. The zero-order chi connectivity index (χ0) is 23.9. The minimum atomic E-state index is -0.398. The molecule has 7 nitrogen and oxygen atoms in total. The van der Waals surface area contributed by atoms with Crippen molar-refractivity contribution in [2.45, 2.75) is 33.3 Å². The fraction of sp³-hybridized carbons (Fsp3) is 0.280. The number of ether oxygens (including phenoxy) is 5. The lowest BCUT2D eigenvalue weighted by Crippen LogP contribution is -2.14. The van der Waals surface area contributed by atoms with Crippen LogP contribution in [0.25, 0.3) is 5.76 Å². The van der Waals surface area contributed by atoms with Crippen LogP contribution in [-0.4, -0.2) is 24.2 Å². The maximum atomic E-state index is 11.5. The SMILES string of the molecule is CCOC(=O)COc1ccc(OCc2nc(C3=COC=C(C4=CC=CCC4)O3)c(Br)s2)cc1C. The number of carbonyl (C=O) groups excluding carboxylic acids is 1. The molecular weight excluding hydrogens is 522 g/mol. The van der Waals surface area contributed by atoms with E-state index in [0.29, 0.717) is 41.9 Å². The summed E-state index contributed by atoms with van der Waals surface area (Å²) in [6.07, 6.45) is 11.2. The first kappa shape index (κ1) is 24.1. The van der Waals surface area contributed by atoms with E-state index in [4.69, 9.17) is 23.7 Å². The maximum absolute atomic E-state index is 11.5. The molecule has 0 amide bonds. The zero-order valence-corrected chi connectivity index (χ0v) is 21.2. The van der Waals surface area contributed by atoms with E-state index in [1.807, 2.05) is 25.1 Å². The lowest BCUT2D eigenvalue weighted by atomic mass is 10.0. The molecule has 2 heterocycles. The van der Waals surface area contributed by atoms with Gasteiger partial charge in [0.15, 0.2) is 18.1 Å². The van der Waals surface area contributed by atoms with Gasteiger partial charge in [-0.1, -0.05) is 18.2 Å². The second kappa shape index (κ2) is 11.4. The number of hydrogen-bond acceptors (Lipinski definition) is 8. The molecule has 0 bridgehead atoms. The van der Waals surface area contributed by atoms with E-state index in [0.717, 1.165) is 32.8 Å². The second-order valence-corrected chi connectivity index (χ2v) is 9.80. The number of aryl methyl sites for hydroxylation is 1. The van der Waals surface area contributed by atoms with Gasteiger partial charge in [0.25, 0.3) is 0 Å². The van der Waals surface area contributed by atoms with Gasteiger partial charge in [0, 0.05) is 0 Å². The summed E-state index contributed by atoms with van der Waals surface area (Å²) in [7, 11) is 0. The number of rotatable bonds is 9. The van der Waals surface area contributed by atoms with E-state index in [1.54, 1.807) is 31.6 Å². The molecule has 178 valence electrons. The van der Waals surface area contributed by atoms with Gasteiger partial charge in [-0.05, 0) is 72.0 Å². The third-order valence-electron chi connectivity index (χ3n) is 4.92. The highest BCUT2D eigenvalue weighted by molar-refractivity contribution is 9.11. The van der Waals surface area contributed by atoms with E-state index in [9.17, 15) is 4.79 Å². The summed E-state index contributed by atoms with van der Waals surface area (Å²) in [5.41, 5.74) is 2.61. The predicted molar refractivity (Wildman–Crippen MR) is 132 cm³/mol. The van der Waals surface area contributed by atoms with Crippen molar-refractivity contribution in [2.24, 2.45) is 0 Å². The van der Waals surface area contributed by atoms with E-state index in [2.05, 4.69) is 27.0 Å². The Labute approximate surface area is 210 Å². The molecule has 0 spiro atoms. The van der Waals surface area contributed by atoms with Crippen molar-refractivity contribution >= 4 is 39.0 Å². The summed E-state index contributed by atoms with van der Waals surface area (Å²) >= 11 is 5.05. The van der Waals surface area contributed by atoms with Gasteiger partial charge >= 0.3 is 5.97 Å². The highest BCUT2D eigenvalue weighted by atomic mass is 79.9. The molecule has 1 aliphatic heterocycles. The quantitative estimate of drug-likeness (QED) is 0.347. The van der Waals surface area contributed by atoms with Crippen LogP contribution in [0.4, 0.5) is 0 Å². The molecule has 1 aliphatic carbocycles. The number of hydrogen-bond donors (Lipinski definition) is 0. The fourth-order valence-electron chi connectivity index (χ4n) is 3.29. The molecular formula is C25H24BrNO6S. The van der Waals surface area contributed by atoms with Crippen LogP contribution in [0.1, 0.15) is 36.0 Å². The Bertz CT molecular complexity index is 1180. The van der Waals surface area contributed by atoms with Gasteiger partial charge in [0.05, 0.1) is 6.61 Å². The first-order chi connectivity index (χ1) is 16.5. The number of aromatic nitrogens is 1. The zero-order valence-electron chi connectivity index (χ0n) is 18.8. The highest BCUT2D eigenvalue weighted by Crippen LogP contribution is 2.36. The summed E-state index contributed by atoms with van der Waals surface area (Å²) in [5.74, 6) is 2.12. The molecule has 0 saturated carbocycles. The second-order valence-electron chi connectivity index (χ2n) is 7.40. The molecule has 1 aromatic heterocycles. The summed E-state index contributed by atoms with van der Waals surface area (Å²) < 4.78 is 28.8. The fourth-order valence-corrected chi connectivity index (χ4v) is 4.84. The Morgan fingerprint density at radius 2 is 2.09 bits per heavy atom. The molecule has 34 heavy (non-hydrogen) atoms. The Balaban J connectivity index is 1.36. The summed E-state index contributed by atoms with van der Waals surface area (Å²) in [6.45, 7) is 4.14. The van der Waals surface area contributed by atoms with Gasteiger partial charge in [-0.2, -0.15) is 0 Å². The normalized spacial score (nSPS) is 14.9. The Morgan fingerprint density at radius 1 is 1.24 bits per heavy atom. The largest absolute Gasteiger partial charge is 0.486 e. The molecule has 0 saturated heterocycles. The topological polar surface area (TPSA) is 76.1 Å². The smallest absolute Gasteiger partial charge is 0.344 e. The number of allylic oxidation sites excluding steroid dienone is 4.